The first-order valence-corrected chi connectivity index (χ1v) is 6.35. The van der Waals surface area contributed by atoms with Crippen LogP contribution in [0.1, 0.15) is 5.56 Å². The van der Waals surface area contributed by atoms with Crippen molar-refractivity contribution in [3.05, 3.63) is 59.2 Å². The maximum Gasteiger partial charge on any atom is 0.149 e. The molecule has 0 atom stereocenters. The van der Waals surface area contributed by atoms with Crippen LogP contribution in [0.5, 0.6) is 0 Å². The van der Waals surface area contributed by atoms with E-state index >= 15 is 0 Å². The lowest BCUT2D eigenvalue weighted by Gasteiger charge is -2.07. The van der Waals surface area contributed by atoms with E-state index in [1.807, 2.05) is 49.4 Å². The van der Waals surface area contributed by atoms with Crippen molar-refractivity contribution in [2.45, 2.75) is 6.92 Å². The van der Waals surface area contributed by atoms with E-state index in [-0.39, 0.29) is 0 Å². The van der Waals surface area contributed by atoms with Crippen molar-refractivity contribution in [2.75, 3.05) is 5.32 Å². The zero-order valence-electron chi connectivity index (χ0n) is 10.4. The minimum atomic E-state index is 0.707. The Morgan fingerprint density at radius 1 is 1.05 bits per heavy atom. The lowest BCUT2D eigenvalue weighted by Crippen LogP contribution is -1.95. The number of aryl methyl sites for hydroxylation is 1. The maximum atomic E-state index is 6.10. The highest BCUT2D eigenvalue weighted by molar-refractivity contribution is 6.31. The lowest BCUT2D eigenvalue weighted by molar-refractivity contribution is 1.28. The largest absolute Gasteiger partial charge is 0.339 e. The maximum absolute atomic E-state index is 6.10. The minimum Gasteiger partial charge on any atom is -0.339 e. The molecule has 2 aromatic carbocycles. The van der Waals surface area contributed by atoms with E-state index < -0.39 is 0 Å². The zero-order valence-corrected chi connectivity index (χ0v) is 11.1. The van der Waals surface area contributed by atoms with E-state index in [4.69, 9.17) is 11.6 Å². The Kier molecular flexibility index (Phi) is 3.05. The molecule has 0 spiro atoms. The lowest BCUT2D eigenvalue weighted by atomic mass is 10.2. The van der Waals surface area contributed by atoms with E-state index in [9.17, 15) is 0 Å². The van der Waals surface area contributed by atoms with Crippen LogP contribution in [0.2, 0.25) is 5.02 Å². The standard InChI is InChI=1S/C15H12ClN3/c1-10-6-7-11(8-12(10)16)18-15-9-17-13-4-2-3-5-14(13)19-15/h2-9H,1H3,(H,18,19). The van der Waals surface area contributed by atoms with Gasteiger partial charge in [-0.05, 0) is 36.8 Å². The Labute approximate surface area is 116 Å². The predicted octanol–water partition coefficient (Wildman–Crippen LogP) is 4.34. The Hall–Kier alpha value is -2.13. The fourth-order valence-corrected chi connectivity index (χ4v) is 2.02. The van der Waals surface area contributed by atoms with Gasteiger partial charge in [-0.1, -0.05) is 29.8 Å². The summed E-state index contributed by atoms with van der Waals surface area (Å²) in [5.41, 5.74) is 3.71. The van der Waals surface area contributed by atoms with Gasteiger partial charge in [-0.25, -0.2) is 4.98 Å². The minimum absolute atomic E-state index is 0.707. The zero-order chi connectivity index (χ0) is 13.2. The topological polar surface area (TPSA) is 37.8 Å². The first kappa shape index (κ1) is 11.9. The molecule has 3 rings (SSSR count). The molecule has 0 aliphatic carbocycles. The molecule has 0 fully saturated rings. The third-order valence-corrected chi connectivity index (χ3v) is 3.30. The van der Waals surface area contributed by atoms with Crippen molar-refractivity contribution >= 4 is 34.1 Å². The molecule has 4 heteroatoms. The van der Waals surface area contributed by atoms with E-state index in [0.717, 1.165) is 27.3 Å². The monoisotopic (exact) mass is 269 g/mol. The number of rotatable bonds is 2. The average molecular weight is 270 g/mol. The highest BCUT2D eigenvalue weighted by atomic mass is 35.5. The summed E-state index contributed by atoms with van der Waals surface area (Å²) in [6, 6.07) is 13.6. The first-order valence-electron chi connectivity index (χ1n) is 5.97. The van der Waals surface area contributed by atoms with Gasteiger partial charge in [0.1, 0.15) is 5.82 Å². The molecule has 94 valence electrons. The summed E-state index contributed by atoms with van der Waals surface area (Å²) in [4.78, 5) is 8.87. The summed E-state index contributed by atoms with van der Waals surface area (Å²) in [6.07, 6.45) is 1.72. The predicted molar refractivity (Wildman–Crippen MR) is 79.0 cm³/mol. The number of nitrogens with one attached hydrogen (secondary N) is 1. The highest BCUT2D eigenvalue weighted by Crippen LogP contribution is 2.22. The number of aromatic nitrogens is 2. The molecular formula is C15H12ClN3. The number of para-hydroxylation sites is 2. The van der Waals surface area contributed by atoms with E-state index in [1.54, 1.807) is 6.20 Å². The van der Waals surface area contributed by atoms with E-state index in [1.165, 1.54) is 0 Å². The van der Waals surface area contributed by atoms with Gasteiger partial charge in [0, 0.05) is 10.7 Å². The van der Waals surface area contributed by atoms with Crippen LogP contribution in [0.3, 0.4) is 0 Å². The number of hydrogen-bond donors (Lipinski definition) is 1. The fraction of sp³-hybridized carbons (Fsp3) is 0.0667. The van der Waals surface area contributed by atoms with Crippen molar-refractivity contribution in [2.24, 2.45) is 0 Å². The number of benzene rings is 2. The highest BCUT2D eigenvalue weighted by Gasteiger charge is 2.01. The van der Waals surface area contributed by atoms with Crippen LogP contribution < -0.4 is 5.32 Å². The second-order valence-electron chi connectivity index (χ2n) is 4.33. The molecule has 0 saturated carbocycles. The van der Waals surface area contributed by atoms with Gasteiger partial charge in [0.25, 0.3) is 0 Å². The summed E-state index contributed by atoms with van der Waals surface area (Å²) in [6.45, 7) is 1.97. The number of hydrogen-bond acceptors (Lipinski definition) is 3. The number of nitrogens with zero attached hydrogens (tertiary/aromatic N) is 2. The first-order chi connectivity index (χ1) is 9.22. The van der Waals surface area contributed by atoms with Crippen LogP contribution in [-0.2, 0) is 0 Å². The van der Waals surface area contributed by atoms with Crippen molar-refractivity contribution in [1.29, 1.82) is 0 Å². The molecule has 0 radical (unpaired) electrons. The number of anilines is 2. The third-order valence-electron chi connectivity index (χ3n) is 2.89. The van der Waals surface area contributed by atoms with Gasteiger partial charge in [0.2, 0.25) is 0 Å². The molecule has 0 amide bonds. The van der Waals surface area contributed by atoms with Gasteiger partial charge in [-0.2, -0.15) is 0 Å². The number of halogens is 1. The molecule has 0 aliphatic heterocycles. The third kappa shape index (κ3) is 2.51. The van der Waals surface area contributed by atoms with Gasteiger partial charge < -0.3 is 5.32 Å². The summed E-state index contributed by atoms with van der Waals surface area (Å²) in [5.74, 6) is 0.707. The van der Waals surface area contributed by atoms with Gasteiger partial charge in [0.15, 0.2) is 0 Å². The van der Waals surface area contributed by atoms with Gasteiger partial charge in [0.05, 0.1) is 17.2 Å². The quantitative estimate of drug-likeness (QED) is 0.752. The summed E-state index contributed by atoms with van der Waals surface area (Å²) in [7, 11) is 0. The summed E-state index contributed by atoms with van der Waals surface area (Å²) >= 11 is 6.10. The van der Waals surface area contributed by atoms with Crippen LogP contribution in [0.15, 0.2) is 48.7 Å². The van der Waals surface area contributed by atoms with Crippen LogP contribution in [0, 0.1) is 6.92 Å². The SMILES string of the molecule is Cc1ccc(Nc2cnc3ccccc3n2)cc1Cl. The Morgan fingerprint density at radius 2 is 1.84 bits per heavy atom. The summed E-state index contributed by atoms with van der Waals surface area (Å²) in [5, 5.41) is 3.94. The van der Waals surface area contributed by atoms with Crippen LogP contribution >= 0.6 is 11.6 Å². The van der Waals surface area contributed by atoms with Crippen LogP contribution in [0.4, 0.5) is 11.5 Å². The molecule has 0 saturated heterocycles. The molecular weight excluding hydrogens is 258 g/mol. The Bertz CT molecular complexity index is 740. The second-order valence-corrected chi connectivity index (χ2v) is 4.74. The van der Waals surface area contributed by atoms with Gasteiger partial charge >= 0.3 is 0 Å². The van der Waals surface area contributed by atoms with Crippen LogP contribution in [-0.4, -0.2) is 9.97 Å². The van der Waals surface area contributed by atoms with E-state index in [2.05, 4.69) is 15.3 Å². The molecule has 3 aromatic rings. The Balaban J connectivity index is 1.94. The molecule has 1 heterocycles. The molecule has 3 nitrogen and oxygen atoms in total. The van der Waals surface area contributed by atoms with Crippen molar-refractivity contribution in [3.8, 4) is 0 Å². The van der Waals surface area contributed by atoms with Gasteiger partial charge in [-0.15, -0.1) is 0 Å². The molecule has 0 bridgehead atoms. The van der Waals surface area contributed by atoms with Crippen molar-refractivity contribution in [1.82, 2.24) is 9.97 Å². The van der Waals surface area contributed by atoms with Crippen molar-refractivity contribution < 1.29 is 0 Å². The molecule has 19 heavy (non-hydrogen) atoms. The molecule has 1 aromatic heterocycles. The normalized spacial score (nSPS) is 10.6. The Morgan fingerprint density at radius 3 is 2.63 bits per heavy atom. The number of fused-ring (bicyclic) bond motifs is 1. The smallest absolute Gasteiger partial charge is 0.149 e. The van der Waals surface area contributed by atoms with Crippen molar-refractivity contribution in [3.63, 3.8) is 0 Å². The van der Waals surface area contributed by atoms with Gasteiger partial charge in [-0.3, -0.25) is 4.98 Å². The second kappa shape index (κ2) is 4.86. The molecule has 0 aliphatic rings. The fourth-order valence-electron chi connectivity index (χ4n) is 1.84. The molecule has 1 N–H and O–H groups in total. The molecule has 0 unspecified atom stereocenters. The summed E-state index contributed by atoms with van der Waals surface area (Å²) < 4.78 is 0. The van der Waals surface area contributed by atoms with Crippen LogP contribution in [0.25, 0.3) is 11.0 Å². The average Bonchev–Trinajstić information content (AvgIpc) is 2.43. The van der Waals surface area contributed by atoms with E-state index in [0.29, 0.717) is 5.82 Å².